The van der Waals surface area contributed by atoms with Crippen LogP contribution in [-0.2, 0) is 17.6 Å². The Morgan fingerprint density at radius 2 is 2.07 bits per heavy atom. The van der Waals surface area contributed by atoms with E-state index < -0.39 is 0 Å². The first-order valence-electron chi connectivity index (χ1n) is 8.75. The topological polar surface area (TPSA) is 94.3 Å². The number of amides is 1. The molecule has 2 heterocycles. The van der Waals surface area contributed by atoms with Gasteiger partial charge in [0.1, 0.15) is 5.75 Å². The molecule has 1 aliphatic rings. The number of nitrogens with one attached hydrogen (secondary N) is 1. The van der Waals surface area contributed by atoms with Gasteiger partial charge in [0.2, 0.25) is 11.8 Å². The lowest BCUT2D eigenvalue weighted by atomic mass is 10.1. The fourth-order valence-corrected chi connectivity index (χ4v) is 3.89. The van der Waals surface area contributed by atoms with E-state index in [1.54, 1.807) is 19.2 Å². The molecule has 29 heavy (non-hydrogen) atoms. The third-order valence-electron chi connectivity index (χ3n) is 4.41. The van der Waals surface area contributed by atoms with Gasteiger partial charge in [-0.25, -0.2) is 0 Å². The maximum absolute atomic E-state index is 12.6. The van der Waals surface area contributed by atoms with Gasteiger partial charge in [-0.3, -0.25) is 9.59 Å². The molecular formula is C20H16ClN3O4S. The second-order valence-corrected chi connectivity index (χ2v) is 7.75. The van der Waals surface area contributed by atoms with Crippen LogP contribution in [-0.4, -0.2) is 34.8 Å². The molecule has 1 aliphatic heterocycles. The monoisotopic (exact) mass is 429 g/mol. The highest BCUT2D eigenvalue weighted by molar-refractivity contribution is 7.99. The van der Waals surface area contributed by atoms with Crippen molar-refractivity contribution in [2.45, 2.75) is 18.1 Å². The summed E-state index contributed by atoms with van der Waals surface area (Å²) < 4.78 is 10.8. The van der Waals surface area contributed by atoms with E-state index in [1.165, 1.54) is 0 Å². The lowest BCUT2D eigenvalue weighted by Crippen LogP contribution is -2.04. The van der Waals surface area contributed by atoms with Gasteiger partial charge in [-0.15, -0.1) is 10.2 Å². The summed E-state index contributed by atoms with van der Waals surface area (Å²) in [5.74, 6) is 1.07. The molecule has 0 saturated heterocycles. The Labute approximate surface area is 175 Å². The van der Waals surface area contributed by atoms with Crippen molar-refractivity contribution in [2.75, 3.05) is 18.2 Å². The Morgan fingerprint density at radius 1 is 1.28 bits per heavy atom. The van der Waals surface area contributed by atoms with Crippen molar-refractivity contribution < 1.29 is 18.7 Å². The first kappa shape index (κ1) is 19.5. The molecule has 0 radical (unpaired) electrons. The van der Waals surface area contributed by atoms with Crippen LogP contribution < -0.4 is 10.1 Å². The Hall–Kier alpha value is -2.84. The number of halogens is 1. The number of aromatic nitrogens is 2. The summed E-state index contributed by atoms with van der Waals surface area (Å²) in [6.45, 7) is 0. The molecule has 0 atom stereocenters. The van der Waals surface area contributed by atoms with E-state index in [2.05, 4.69) is 15.5 Å². The molecule has 4 rings (SSSR count). The van der Waals surface area contributed by atoms with Gasteiger partial charge in [-0.05, 0) is 35.4 Å². The number of methoxy groups -OCH3 is 1. The first-order chi connectivity index (χ1) is 14.0. The van der Waals surface area contributed by atoms with E-state index in [0.717, 1.165) is 28.6 Å². The van der Waals surface area contributed by atoms with Crippen LogP contribution in [0.15, 0.2) is 46.0 Å². The van der Waals surface area contributed by atoms with Crippen molar-refractivity contribution in [1.29, 1.82) is 0 Å². The summed E-state index contributed by atoms with van der Waals surface area (Å²) in [6.07, 6.45) is 0.738. The summed E-state index contributed by atoms with van der Waals surface area (Å²) >= 11 is 7.36. The lowest BCUT2D eigenvalue weighted by Gasteiger charge is -2.06. The van der Waals surface area contributed by atoms with E-state index >= 15 is 0 Å². The van der Waals surface area contributed by atoms with Crippen LogP contribution in [0.2, 0.25) is 5.02 Å². The maximum Gasteiger partial charge on any atom is 0.277 e. The molecule has 0 aliphatic carbocycles. The SMILES string of the molecule is COc1ccc(Cc2nnc(SCC(=O)c3cc4c(cc3Cl)NC(=O)C4)o2)cc1. The highest BCUT2D eigenvalue weighted by atomic mass is 35.5. The van der Waals surface area contributed by atoms with Crippen molar-refractivity contribution in [3.63, 3.8) is 0 Å². The van der Waals surface area contributed by atoms with Gasteiger partial charge in [-0.1, -0.05) is 35.5 Å². The van der Waals surface area contributed by atoms with Crippen LogP contribution in [0.1, 0.15) is 27.4 Å². The van der Waals surface area contributed by atoms with Crippen molar-refractivity contribution >= 4 is 40.7 Å². The van der Waals surface area contributed by atoms with Crippen molar-refractivity contribution in [2.24, 2.45) is 0 Å². The van der Waals surface area contributed by atoms with Crippen LogP contribution in [0.4, 0.5) is 5.69 Å². The number of fused-ring (bicyclic) bond motifs is 1. The molecule has 7 nitrogen and oxygen atoms in total. The van der Waals surface area contributed by atoms with E-state index in [-0.39, 0.29) is 23.9 Å². The molecule has 0 saturated carbocycles. The molecule has 3 aromatic rings. The van der Waals surface area contributed by atoms with Gasteiger partial charge in [0.05, 0.1) is 30.7 Å². The highest BCUT2D eigenvalue weighted by Gasteiger charge is 2.22. The number of hydrogen-bond donors (Lipinski definition) is 1. The quantitative estimate of drug-likeness (QED) is 0.451. The van der Waals surface area contributed by atoms with Gasteiger partial charge >= 0.3 is 0 Å². The zero-order chi connectivity index (χ0) is 20.4. The molecule has 0 spiro atoms. The molecule has 1 N–H and O–H groups in total. The molecule has 0 fully saturated rings. The average Bonchev–Trinajstić information content (AvgIpc) is 3.31. The largest absolute Gasteiger partial charge is 0.497 e. The highest BCUT2D eigenvalue weighted by Crippen LogP contribution is 2.31. The molecule has 0 unspecified atom stereocenters. The number of benzene rings is 2. The predicted molar refractivity (Wildman–Crippen MR) is 109 cm³/mol. The standard InChI is InChI=1S/C20H16ClN3O4S/c1-27-13-4-2-11(3-5-13)6-19-23-24-20(28-19)29-10-17(25)14-7-12-8-18(26)22-16(12)9-15(14)21/h2-5,7,9H,6,8,10H2,1H3,(H,22,26). The zero-order valence-electron chi connectivity index (χ0n) is 15.4. The number of rotatable bonds is 7. The molecule has 1 aromatic heterocycles. The summed E-state index contributed by atoms with van der Waals surface area (Å²) in [5, 5.41) is 11.3. The van der Waals surface area contributed by atoms with Gasteiger partial charge in [-0.2, -0.15) is 0 Å². The van der Waals surface area contributed by atoms with E-state index in [9.17, 15) is 9.59 Å². The van der Waals surface area contributed by atoms with Gasteiger partial charge in [0.25, 0.3) is 5.22 Å². The summed E-state index contributed by atoms with van der Waals surface area (Å²) in [5.41, 5.74) is 2.82. The maximum atomic E-state index is 12.6. The van der Waals surface area contributed by atoms with Gasteiger partial charge in [0, 0.05) is 11.3 Å². The number of ketones is 1. The molecule has 2 aromatic carbocycles. The number of thioether (sulfide) groups is 1. The first-order valence-corrected chi connectivity index (χ1v) is 10.1. The Morgan fingerprint density at radius 3 is 2.83 bits per heavy atom. The number of anilines is 1. The molecule has 1 amide bonds. The number of Topliss-reactive ketones (excluding diaryl/α,β-unsaturated/α-hetero) is 1. The van der Waals surface area contributed by atoms with Crippen molar-refractivity contribution in [3.8, 4) is 5.75 Å². The number of carbonyl (C=O) groups excluding carboxylic acids is 2. The van der Waals surface area contributed by atoms with E-state index in [0.29, 0.717) is 33.8 Å². The van der Waals surface area contributed by atoms with Gasteiger partial charge in [0.15, 0.2) is 5.78 Å². The molecular weight excluding hydrogens is 414 g/mol. The van der Waals surface area contributed by atoms with Crippen LogP contribution >= 0.6 is 23.4 Å². The average molecular weight is 430 g/mol. The minimum Gasteiger partial charge on any atom is -0.497 e. The van der Waals surface area contributed by atoms with Crippen LogP contribution in [0.3, 0.4) is 0 Å². The smallest absolute Gasteiger partial charge is 0.277 e. The Balaban J connectivity index is 1.38. The molecule has 0 bridgehead atoms. The third-order valence-corrected chi connectivity index (χ3v) is 5.54. The Kier molecular flexibility index (Phi) is 5.55. The Bertz CT molecular complexity index is 1080. The van der Waals surface area contributed by atoms with E-state index in [1.807, 2.05) is 24.3 Å². The second-order valence-electron chi connectivity index (χ2n) is 6.41. The minimum absolute atomic E-state index is 0.101. The molecule has 9 heteroatoms. The normalized spacial score (nSPS) is 12.6. The summed E-state index contributed by atoms with van der Waals surface area (Å²) in [6, 6.07) is 10.9. The fraction of sp³-hybridized carbons (Fsp3) is 0.200. The fourth-order valence-electron chi connectivity index (χ4n) is 2.95. The van der Waals surface area contributed by atoms with Crippen LogP contribution in [0.25, 0.3) is 0 Å². The number of nitrogens with zero attached hydrogens (tertiary/aromatic N) is 2. The van der Waals surface area contributed by atoms with Gasteiger partial charge < -0.3 is 14.5 Å². The van der Waals surface area contributed by atoms with Crippen molar-refractivity contribution in [3.05, 3.63) is 64.0 Å². The van der Waals surface area contributed by atoms with Crippen LogP contribution in [0, 0.1) is 0 Å². The third kappa shape index (κ3) is 4.44. The molecule has 148 valence electrons. The summed E-state index contributed by atoms with van der Waals surface area (Å²) in [7, 11) is 1.62. The zero-order valence-corrected chi connectivity index (χ0v) is 17.0. The van der Waals surface area contributed by atoms with Crippen LogP contribution in [0.5, 0.6) is 5.75 Å². The number of carbonyl (C=O) groups is 2. The second kappa shape index (κ2) is 8.26. The predicted octanol–water partition coefficient (Wildman–Crippen LogP) is 3.79. The lowest BCUT2D eigenvalue weighted by molar-refractivity contribution is -0.115. The summed E-state index contributed by atoms with van der Waals surface area (Å²) in [4.78, 5) is 24.1. The number of hydrogen-bond acceptors (Lipinski definition) is 7. The van der Waals surface area contributed by atoms with E-state index in [4.69, 9.17) is 20.8 Å². The number of ether oxygens (including phenoxy) is 1. The minimum atomic E-state index is -0.169. The van der Waals surface area contributed by atoms with Crippen molar-refractivity contribution in [1.82, 2.24) is 10.2 Å².